The van der Waals surface area contributed by atoms with E-state index in [1.165, 1.54) is 25.7 Å². The molecule has 1 saturated heterocycles. The van der Waals surface area contributed by atoms with Crippen molar-refractivity contribution in [3.05, 3.63) is 0 Å². The van der Waals surface area contributed by atoms with Gasteiger partial charge in [-0.1, -0.05) is 25.7 Å². The molecule has 18 heavy (non-hydrogen) atoms. The van der Waals surface area contributed by atoms with E-state index in [9.17, 15) is 4.79 Å². The van der Waals surface area contributed by atoms with Crippen molar-refractivity contribution in [3.8, 4) is 0 Å². The van der Waals surface area contributed by atoms with Crippen LogP contribution < -0.4 is 5.32 Å². The summed E-state index contributed by atoms with van der Waals surface area (Å²) in [4.78, 5) is 15.2. The normalized spacial score (nSPS) is 24.8. The van der Waals surface area contributed by atoms with Crippen LogP contribution in [0.4, 0.5) is 0 Å². The van der Waals surface area contributed by atoms with Gasteiger partial charge in [0.05, 0.1) is 5.54 Å². The van der Waals surface area contributed by atoms with Gasteiger partial charge in [0, 0.05) is 32.1 Å². The molecule has 0 aromatic heterocycles. The minimum Gasteiger partial charge on any atom is -0.314 e. The number of carbonyl (C=O) groups is 1. The number of Topliss-reactive ketones (excluding diaryl/α,β-unsaturated/α-hetero) is 1. The first-order valence-corrected chi connectivity index (χ1v) is 7.62. The van der Waals surface area contributed by atoms with Gasteiger partial charge in [-0.2, -0.15) is 0 Å². The number of carbonyl (C=O) groups excluding carboxylic acids is 1. The predicted octanol–water partition coefficient (Wildman–Crippen LogP) is 2.21. The van der Waals surface area contributed by atoms with Crippen LogP contribution >= 0.6 is 0 Å². The summed E-state index contributed by atoms with van der Waals surface area (Å²) in [6, 6.07) is 0. The molecule has 2 fully saturated rings. The molecule has 0 aromatic rings. The Hall–Kier alpha value is -0.410. The number of hydrogen-bond donors (Lipinski definition) is 1. The van der Waals surface area contributed by atoms with Gasteiger partial charge in [0.15, 0.2) is 5.78 Å². The van der Waals surface area contributed by atoms with Crippen molar-refractivity contribution < 1.29 is 4.79 Å². The van der Waals surface area contributed by atoms with Gasteiger partial charge >= 0.3 is 0 Å². The van der Waals surface area contributed by atoms with Crippen molar-refractivity contribution in [1.82, 2.24) is 10.2 Å². The molecule has 0 radical (unpaired) electrons. The van der Waals surface area contributed by atoms with E-state index in [1.807, 2.05) is 0 Å². The van der Waals surface area contributed by atoms with E-state index in [0.717, 1.165) is 39.0 Å². The molecule has 0 atom stereocenters. The number of rotatable bonds is 3. The van der Waals surface area contributed by atoms with Gasteiger partial charge in [-0.25, -0.2) is 0 Å². The Bertz CT molecular complexity index is 274. The van der Waals surface area contributed by atoms with Gasteiger partial charge < -0.3 is 5.32 Å². The third kappa shape index (κ3) is 3.12. The molecule has 1 aliphatic carbocycles. The lowest BCUT2D eigenvalue weighted by Gasteiger charge is -2.41. The molecule has 0 spiro atoms. The predicted molar refractivity (Wildman–Crippen MR) is 74.7 cm³/mol. The Morgan fingerprint density at radius 2 is 1.61 bits per heavy atom. The van der Waals surface area contributed by atoms with Gasteiger partial charge in [-0.15, -0.1) is 0 Å². The Labute approximate surface area is 111 Å². The number of piperazine rings is 1. The fourth-order valence-corrected chi connectivity index (χ4v) is 3.42. The third-order valence-electron chi connectivity index (χ3n) is 4.74. The zero-order valence-electron chi connectivity index (χ0n) is 12.0. The molecule has 0 aromatic carbocycles. The highest BCUT2D eigenvalue weighted by Gasteiger charge is 2.38. The van der Waals surface area contributed by atoms with Crippen LogP contribution in [0.3, 0.4) is 0 Å². The van der Waals surface area contributed by atoms with E-state index >= 15 is 0 Å². The van der Waals surface area contributed by atoms with Crippen molar-refractivity contribution in [2.45, 2.75) is 57.9 Å². The molecule has 1 aliphatic heterocycles. The summed E-state index contributed by atoms with van der Waals surface area (Å²) in [6.45, 7) is 8.30. The number of ketones is 1. The third-order valence-corrected chi connectivity index (χ3v) is 4.74. The summed E-state index contributed by atoms with van der Waals surface area (Å²) in [5, 5.41) is 3.36. The SMILES string of the molecule is CC(C)(C(=O)C1CCCCCC1)N1CCNCC1. The van der Waals surface area contributed by atoms with E-state index in [-0.39, 0.29) is 5.54 Å². The molecule has 0 bridgehead atoms. The zero-order valence-corrected chi connectivity index (χ0v) is 12.0. The summed E-state index contributed by atoms with van der Waals surface area (Å²) in [5.41, 5.74) is -0.267. The molecule has 0 unspecified atom stereocenters. The Kier molecular flexibility index (Phi) is 4.79. The number of nitrogens with one attached hydrogen (secondary N) is 1. The topological polar surface area (TPSA) is 32.3 Å². The average Bonchev–Trinajstić information content (AvgIpc) is 2.67. The van der Waals surface area contributed by atoms with Crippen LogP contribution in [0.15, 0.2) is 0 Å². The summed E-state index contributed by atoms with van der Waals surface area (Å²) >= 11 is 0. The van der Waals surface area contributed by atoms with Crippen molar-refractivity contribution in [3.63, 3.8) is 0 Å². The van der Waals surface area contributed by atoms with E-state index in [0.29, 0.717) is 11.7 Å². The Morgan fingerprint density at radius 3 is 2.17 bits per heavy atom. The van der Waals surface area contributed by atoms with E-state index in [2.05, 4.69) is 24.1 Å². The second-order valence-corrected chi connectivity index (χ2v) is 6.35. The summed E-state index contributed by atoms with van der Waals surface area (Å²) in [6.07, 6.45) is 7.36. The van der Waals surface area contributed by atoms with Gasteiger partial charge in [0.1, 0.15) is 0 Å². The van der Waals surface area contributed by atoms with E-state index < -0.39 is 0 Å². The van der Waals surface area contributed by atoms with Crippen molar-refractivity contribution in [2.75, 3.05) is 26.2 Å². The smallest absolute Gasteiger partial charge is 0.155 e. The lowest BCUT2D eigenvalue weighted by Crippen LogP contribution is -2.58. The standard InChI is InChI=1S/C15H28N2O/c1-15(2,17-11-9-16-10-12-17)14(18)13-7-5-3-4-6-8-13/h13,16H,3-12H2,1-2H3. The number of nitrogens with zero attached hydrogens (tertiary/aromatic N) is 1. The molecular formula is C15H28N2O. The minimum absolute atomic E-state index is 0.267. The summed E-state index contributed by atoms with van der Waals surface area (Å²) in [7, 11) is 0. The maximum atomic E-state index is 12.8. The van der Waals surface area contributed by atoms with Gasteiger partial charge in [0.2, 0.25) is 0 Å². The fraction of sp³-hybridized carbons (Fsp3) is 0.933. The summed E-state index contributed by atoms with van der Waals surface area (Å²) in [5.74, 6) is 0.809. The average molecular weight is 252 g/mol. The second kappa shape index (κ2) is 6.16. The highest BCUT2D eigenvalue weighted by Crippen LogP contribution is 2.29. The Morgan fingerprint density at radius 1 is 1.06 bits per heavy atom. The lowest BCUT2D eigenvalue weighted by atomic mass is 9.83. The second-order valence-electron chi connectivity index (χ2n) is 6.35. The van der Waals surface area contributed by atoms with Gasteiger partial charge in [-0.3, -0.25) is 9.69 Å². The molecule has 0 amide bonds. The van der Waals surface area contributed by atoms with Crippen LogP contribution in [0.25, 0.3) is 0 Å². The fourth-order valence-electron chi connectivity index (χ4n) is 3.42. The van der Waals surface area contributed by atoms with E-state index in [4.69, 9.17) is 0 Å². The van der Waals surface area contributed by atoms with Crippen LogP contribution in [0.2, 0.25) is 0 Å². The highest BCUT2D eigenvalue weighted by atomic mass is 16.1. The monoisotopic (exact) mass is 252 g/mol. The molecule has 3 heteroatoms. The zero-order chi connectivity index (χ0) is 13.0. The van der Waals surface area contributed by atoms with Gasteiger partial charge in [0.25, 0.3) is 0 Å². The minimum atomic E-state index is -0.267. The molecule has 104 valence electrons. The van der Waals surface area contributed by atoms with Crippen LogP contribution in [0.5, 0.6) is 0 Å². The number of hydrogen-bond acceptors (Lipinski definition) is 3. The first-order valence-electron chi connectivity index (χ1n) is 7.62. The van der Waals surface area contributed by atoms with Crippen LogP contribution in [-0.4, -0.2) is 42.4 Å². The van der Waals surface area contributed by atoms with Crippen molar-refractivity contribution in [2.24, 2.45) is 5.92 Å². The molecule has 1 N–H and O–H groups in total. The van der Waals surface area contributed by atoms with Crippen LogP contribution in [-0.2, 0) is 4.79 Å². The quantitative estimate of drug-likeness (QED) is 0.782. The van der Waals surface area contributed by atoms with Crippen molar-refractivity contribution >= 4 is 5.78 Å². The highest BCUT2D eigenvalue weighted by molar-refractivity contribution is 5.89. The van der Waals surface area contributed by atoms with E-state index in [1.54, 1.807) is 0 Å². The molecule has 2 aliphatic rings. The summed E-state index contributed by atoms with van der Waals surface area (Å²) < 4.78 is 0. The maximum absolute atomic E-state index is 12.8. The first-order chi connectivity index (χ1) is 8.62. The molecule has 1 saturated carbocycles. The van der Waals surface area contributed by atoms with Crippen molar-refractivity contribution in [1.29, 1.82) is 0 Å². The first kappa shape index (κ1) is 14.0. The molecule has 1 heterocycles. The largest absolute Gasteiger partial charge is 0.314 e. The van der Waals surface area contributed by atoms with Crippen LogP contribution in [0.1, 0.15) is 52.4 Å². The Balaban J connectivity index is 2.00. The maximum Gasteiger partial charge on any atom is 0.155 e. The molecular weight excluding hydrogens is 224 g/mol. The van der Waals surface area contributed by atoms with Gasteiger partial charge in [-0.05, 0) is 26.7 Å². The lowest BCUT2D eigenvalue weighted by molar-refractivity contribution is -0.134. The van der Waals surface area contributed by atoms with Crippen LogP contribution in [0, 0.1) is 5.92 Å². The molecule has 3 nitrogen and oxygen atoms in total. The molecule has 2 rings (SSSR count).